The molecular weight excluding hydrogens is 326 g/mol. The number of furan rings is 1. The Morgan fingerprint density at radius 1 is 1.28 bits per heavy atom. The fraction of sp³-hybridized carbons (Fsp3) is 0.235. The van der Waals surface area contributed by atoms with E-state index in [9.17, 15) is 10.1 Å². The average molecular weight is 343 g/mol. The summed E-state index contributed by atoms with van der Waals surface area (Å²) in [7, 11) is 1.61. The molecule has 0 saturated heterocycles. The molecule has 0 amide bonds. The highest BCUT2D eigenvalue weighted by Crippen LogP contribution is 2.32. The lowest BCUT2D eigenvalue weighted by atomic mass is 10.2. The van der Waals surface area contributed by atoms with Crippen molar-refractivity contribution >= 4 is 22.5 Å². The topological polar surface area (TPSA) is 99.7 Å². The van der Waals surface area contributed by atoms with E-state index in [1.54, 1.807) is 37.4 Å². The van der Waals surface area contributed by atoms with Crippen molar-refractivity contribution in [2.45, 2.75) is 6.92 Å². The van der Waals surface area contributed by atoms with Crippen molar-refractivity contribution < 1.29 is 18.8 Å². The SMILES string of the molecule is CCOCOc1ccc2oc(-c3ccc(NC)c([N+](=O)[O-])n3)cc2c1. The van der Waals surface area contributed by atoms with Gasteiger partial charge in [-0.2, -0.15) is 0 Å². The summed E-state index contributed by atoms with van der Waals surface area (Å²) in [6.45, 7) is 2.64. The molecule has 25 heavy (non-hydrogen) atoms. The van der Waals surface area contributed by atoms with Gasteiger partial charge < -0.3 is 29.3 Å². The minimum Gasteiger partial charge on any atom is -0.468 e. The lowest BCUT2D eigenvalue weighted by Gasteiger charge is -2.04. The zero-order valence-corrected chi connectivity index (χ0v) is 13.8. The summed E-state index contributed by atoms with van der Waals surface area (Å²) in [5.74, 6) is 0.849. The first kappa shape index (κ1) is 16.7. The first-order chi connectivity index (χ1) is 12.1. The van der Waals surface area contributed by atoms with E-state index in [4.69, 9.17) is 13.9 Å². The van der Waals surface area contributed by atoms with Gasteiger partial charge in [-0.15, -0.1) is 0 Å². The number of ether oxygens (including phenoxy) is 2. The van der Waals surface area contributed by atoms with Crippen LogP contribution in [0, 0.1) is 10.1 Å². The van der Waals surface area contributed by atoms with E-state index in [1.165, 1.54) is 0 Å². The Balaban J connectivity index is 1.93. The molecule has 2 aromatic heterocycles. The standard InChI is InChI=1S/C17H17N3O5/c1-3-23-10-24-12-4-7-15-11(8-12)9-16(25-15)13-5-6-14(18-2)17(19-13)20(21)22/h4-9,18H,3,10H2,1-2H3. The van der Waals surface area contributed by atoms with Crippen molar-refractivity contribution in [2.24, 2.45) is 0 Å². The predicted molar refractivity (Wildman–Crippen MR) is 92.8 cm³/mol. The molecule has 3 aromatic rings. The monoisotopic (exact) mass is 343 g/mol. The van der Waals surface area contributed by atoms with Crippen molar-refractivity contribution in [1.29, 1.82) is 0 Å². The lowest BCUT2D eigenvalue weighted by molar-refractivity contribution is -0.388. The number of nitrogens with one attached hydrogen (secondary N) is 1. The first-order valence-corrected chi connectivity index (χ1v) is 7.70. The number of hydrogen-bond donors (Lipinski definition) is 1. The predicted octanol–water partition coefficient (Wildman–Crippen LogP) is 3.82. The molecule has 0 radical (unpaired) electrons. The van der Waals surface area contributed by atoms with Crippen LogP contribution in [-0.2, 0) is 4.74 Å². The Morgan fingerprint density at radius 3 is 2.84 bits per heavy atom. The number of nitrogens with zero attached hydrogens (tertiary/aromatic N) is 2. The second-order valence-electron chi connectivity index (χ2n) is 5.14. The van der Waals surface area contributed by atoms with E-state index < -0.39 is 4.92 Å². The molecule has 1 N–H and O–H groups in total. The largest absolute Gasteiger partial charge is 0.468 e. The molecule has 3 rings (SSSR count). The zero-order chi connectivity index (χ0) is 17.8. The first-order valence-electron chi connectivity index (χ1n) is 7.70. The van der Waals surface area contributed by atoms with E-state index in [1.807, 2.05) is 13.0 Å². The van der Waals surface area contributed by atoms with Gasteiger partial charge in [0.05, 0.1) is 0 Å². The molecule has 8 heteroatoms. The van der Waals surface area contributed by atoms with Gasteiger partial charge in [0.25, 0.3) is 0 Å². The molecule has 8 nitrogen and oxygen atoms in total. The van der Waals surface area contributed by atoms with E-state index in [2.05, 4.69) is 10.3 Å². The second kappa shape index (κ2) is 7.18. The van der Waals surface area contributed by atoms with Gasteiger partial charge in [-0.3, -0.25) is 0 Å². The summed E-state index contributed by atoms with van der Waals surface area (Å²) in [6, 6.07) is 10.4. The molecule has 0 spiro atoms. The highest BCUT2D eigenvalue weighted by Gasteiger charge is 2.20. The van der Waals surface area contributed by atoms with Crippen molar-refractivity contribution in [3.8, 4) is 17.2 Å². The van der Waals surface area contributed by atoms with E-state index >= 15 is 0 Å². The van der Waals surface area contributed by atoms with Gasteiger partial charge in [-0.1, -0.05) is 0 Å². The number of hydrogen-bond acceptors (Lipinski definition) is 7. The van der Waals surface area contributed by atoms with Crippen LogP contribution < -0.4 is 10.1 Å². The molecule has 2 heterocycles. The van der Waals surface area contributed by atoms with E-state index in [-0.39, 0.29) is 12.6 Å². The Hall–Kier alpha value is -3.13. The summed E-state index contributed by atoms with van der Waals surface area (Å²) >= 11 is 0. The second-order valence-corrected chi connectivity index (χ2v) is 5.14. The molecule has 0 aliphatic rings. The number of rotatable bonds is 7. The van der Waals surface area contributed by atoms with Crippen LogP contribution >= 0.6 is 0 Å². The van der Waals surface area contributed by atoms with Crippen molar-refractivity contribution in [3.63, 3.8) is 0 Å². The Labute approximate surface area is 143 Å². The minimum absolute atomic E-state index is 0.173. The molecule has 0 aliphatic carbocycles. The maximum Gasteiger partial charge on any atom is 0.387 e. The van der Waals surface area contributed by atoms with Crippen LogP contribution in [0.4, 0.5) is 11.5 Å². The number of pyridine rings is 1. The van der Waals surface area contributed by atoms with Gasteiger partial charge in [0.1, 0.15) is 17.0 Å². The number of aromatic nitrogens is 1. The van der Waals surface area contributed by atoms with Gasteiger partial charge in [0.15, 0.2) is 12.6 Å². The van der Waals surface area contributed by atoms with Gasteiger partial charge in [0, 0.05) is 19.0 Å². The van der Waals surface area contributed by atoms with Crippen molar-refractivity contribution in [3.05, 3.63) is 46.5 Å². The quantitative estimate of drug-likeness (QED) is 0.301. The number of nitro groups is 1. The molecule has 1 aromatic carbocycles. The molecular formula is C17H17N3O5. The summed E-state index contributed by atoms with van der Waals surface area (Å²) in [6.07, 6.45) is 0. The summed E-state index contributed by atoms with van der Waals surface area (Å²) < 4.78 is 16.4. The molecule has 0 fully saturated rings. The maximum absolute atomic E-state index is 11.2. The average Bonchev–Trinajstić information content (AvgIpc) is 3.04. The van der Waals surface area contributed by atoms with Gasteiger partial charge in [-0.25, -0.2) is 0 Å². The molecule has 0 bridgehead atoms. The fourth-order valence-corrected chi connectivity index (χ4v) is 2.35. The third-order valence-electron chi connectivity index (χ3n) is 3.57. The van der Waals surface area contributed by atoms with E-state index in [0.717, 1.165) is 5.39 Å². The summed E-state index contributed by atoms with van der Waals surface area (Å²) in [4.78, 5) is 14.7. The Morgan fingerprint density at radius 2 is 2.12 bits per heavy atom. The lowest BCUT2D eigenvalue weighted by Crippen LogP contribution is -2.01. The number of anilines is 1. The summed E-state index contributed by atoms with van der Waals surface area (Å²) in [5.41, 5.74) is 1.37. The fourth-order valence-electron chi connectivity index (χ4n) is 2.35. The Kier molecular flexibility index (Phi) is 4.80. The van der Waals surface area contributed by atoms with E-state index in [0.29, 0.717) is 35.1 Å². The molecule has 0 saturated carbocycles. The van der Waals surface area contributed by atoms with Gasteiger partial charge >= 0.3 is 5.82 Å². The third-order valence-corrected chi connectivity index (χ3v) is 3.57. The third kappa shape index (κ3) is 3.53. The molecule has 0 unspecified atom stereocenters. The molecule has 0 aliphatic heterocycles. The maximum atomic E-state index is 11.2. The Bertz CT molecular complexity index is 906. The minimum atomic E-state index is -0.530. The van der Waals surface area contributed by atoms with Gasteiger partial charge in [-0.05, 0) is 53.2 Å². The van der Waals surface area contributed by atoms with Crippen LogP contribution in [0.1, 0.15) is 6.92 Å². The number of fused-ring (bicyclic) bond motifs is 1. The normalized spacial score (nSPS) is 10.8. The van der Waals surface area contributed by atoms with Crippen LogP contribution in [0.5, 0.6) is 5.75 Å². The van der Waals surface area contributed by atoms with Crippen LogP contribution in [0.25, 0.3) is 22.4 Å². The highest BCUT2D eigenvalue weighted by molar-refractivity contribution is 5.83. The highest BCUT2D eigenvalue weighted by atomic mass is 16.7. The van der Waals surface area contributed by atoms with Crippen LogP contribution in [-0.4, -0.2) is 30.4 Å². The number of benzene rings is 1. The van der Waals surface area contributed by atoms with Crippen molar-refractivity contribution in [1.82, 2.24) is 4.98 Å². The molecule has 0 atom stereocenters. The zero-order valence-electron chi connectivity index (χ0n) is 13.8. The smallest absolute Gasteiger partial charge is 0.387 e. The van der Waals surface area contributed by atoms with Crippen LogP contribution in [0.2, 0.25) is 0 Å². The van der Waals surface area contributed by atoms with Crippen LogP contribution in [0.3, 0.4) is 0 Å². The van der Waals surface area contributed by atoms with Crippen molar-refractivity contribution in [2.75, 3.05) is 25.8 Å². The summed E-state index contributed by atoms with van der Waals surface area (Å²) in [5, 5.41) is 14.7. The molecule has 130 valence electrons. The van der Waals surface area contributed by atoms with Gasteiger partial charge in [0.2, 0.25) is 5.69 Å². The van der Waals surface area contributed by atoms with Crippen LogP contribution in [0.15, 0.2) is 40.8 Å².